The highest BCUT2D eigenvalue weighted by Gasteiger charge is 2.28. The van der Waals surface area contributed by atoms with E-state index in [1.165, 1.54) is 0 Å². The first-order valence-corrected chi connectivity index (χ1v) is 5.31. The van der Waals surface area contributed by atoms with E-state index in [-0.39, 0.29) is 6.10 Å². The number of rotatable bonds is 3. The number of aliphatic hydroxyl groups is 1. The van der Waals surface area contributed by atoms with Crippen molar-refractivity contribution in [1.29, 1.82) is 5.26 Å². The average Bonchev–Trinajstić information content (AvgIpc) is 2.27. The van der Waals surface area contributed by atoms with Gasteiger partial charge in [-0.15, -0.1) is 0 Å². The van der Waals surface area contributed by atoms with Crippen LogP contribution in [-0.4, -0.2) is 34.8 Å². The molecule has 1 aliphatic carbocycles. The fraction of sp³-hybridized carbons (Fsp3) is 0.545. The Morgan fingerprint density at radius 1 is 1.62 bits per heavy atom. The molecule has 0 atom stereocenters. The van der Waals surface area contributed by atoms with E-state index in [1.54, 1.807) is 12.3 Å². The van der Waals surface area contributed by atoms with Gasteiger partial charge in [0.25, 0.3) is 0 Å². The first kappa shape index (κ1) is 10.8. The molecule has 5 heteroatoms. The summed E-state index contributed by atoms with van der Waals surface area (Å²) in [6, 6.07) is 3.58. The number of hydrogen-bond donors (Lipinski definition) is 1. The molecule has 0 bridgehead atoms. The van der Waals surface area contributed by atoms with E-state index in [9.17, 15) is 5.11 Å². The maximum atomic E-state index is 9.19. The van der Waals surface area contributed by atoms with Crippen molar-refractivity contribution in [3.05, 3.63) is 18.0 Å². The second-order valence-electron chi connectivity index (χ2n) is 4.23. The fourth-order valence-electron chi connectivity index (χ4n) is 1.91. The minimum Gasteiger partial charge on any atom is -0.393 e. The minimum absolute atomic E-state index is 0.134. The number of hydrogen-bond acceptors (Lipinski definition) is 5. The zero-order chi connectivity index (χ0) is 11.5. The van der Waals surface area contributed by atoms with Gasteiger partial charge < -0.3 is 10.0 Å². The molecular formula is C11H14N4O. The van der Waals surface area contributed by atoms with Crippen LogP contribution in [0.2, 0.25) is 0 Å². The molecular weight excluding hydrogens is 204 g/mol. The van der Waals surface area contributed by atoms with Crippen molar-refractivity contribution in [2.24, 2.45) is 5.92 Å². The lowest BCUT2D eigenvalue weighted by atomic mass is 9.82. The smallest absolute Gasteiger partial charge is 0.226 e. The number of nitriles is 1. The highest BCUT2D eigenvalue weighted by molar-refractivity contribution is 5.32. The summed E-state index contributed by atoms with van der Waals surface area (Å²) in [7, 11) is 1.90. The van der Waals surface area contributed by atoms with Gasteiger partial charge in [0.05, 0.1) is 6.10 Å². The van der Waals surface area contributed by atoms with Crippen LogP contribution in [0.25, 0.3) is 0 Å². The van der Waals surface area contributed by atoms with Gasteiger partial charge in [0.2, 0.25) is 5.95 Å². The standard InChI is InChI=1S/C11H14N4O/c1-15(7-8-4-10(16)5-8)11-13-3-2-9(6-12)14-11/h2-3,8,10,16H,4-5,7H2,1H3. The van der Waals surface area contributed by atoms with Crippen LogP contribution in [0, 0.1) is 17.2 Å². The third-order valence-electron chi connectivity index (χ3n) is 2.84. The molecule has 0 amide bonds. The van der Waals surface area contributed by atoms with Crippen LogP contribution in [0.1, 0.15) is 18.5 Å². The van der Waals surface area contributed by atoms with Gasteiger partial charge in [-0.3, -0.25) is 0 Å². The van der Waals surface area contributed by atoms with E-state index in [4.69, 9.17) is 5.26 Å². The summed E-state index contributed by atoms with van der Waals surface area (Å²) in [6.07, 6.45) is 3.15. The molecule has 1 fully saturated rings. The highest BCUT2D eigenvalue weighted by Crippen LogP contribution is 2.28. The Morgan fingerprint density at radius 3 is 3.00 bits per heavy atom. The third-order valence-corrected chi connectivity index (χ3v) is 2.84. The molecule has 1 N–H and O–H groups in total. The second kappa shape index (κ2) is 4.45. The van der Waals surface area contributed by atoms with Crippen LogP contribution in [0.5, 0.6) is 0 Å². The third kappa shape index (κ3) is 2.28. The van der Waals surface area contributed by atoms with E-state index >= 15 is 0 Å². The number of anilines is 1. The Bertz CT molecular complexity index is 409. The van der Waals surface area contributed by atoms with E-state index in [1.807, 2.05) is 18.0 Å². The Morgan fingerprint density at radius 2 is 2.38 bits per heavy atom. The van der Waals surface area contributed by atoms with Gasteiger partial charge in [-0.1, -0.05) is 0 Å². The summed E-state index contributed by atoms with van der Waals surface area (Å²) < 4.78 is 0. The van der Waals surface area contributed by atoms with Gasteiger partial charge >= 0.3 is 0 Å². The van der Waals surface area contributed by atoms with Crippen molar-refractivity contribution in [1.82, 2.24) is 9.97 Å². The zero-order valence-electron chi connectivity index (χ0n) is 9.17. The first-order valence-electron chi connectivity index (χ1n) is 5.31. The van der Waals surface area contributed by atoms with Crippen LogP contribution in [0.3, 0.4) is 0 Å². The summed E-state index contributed by atoms with van der Waals surface area (Å²) in [5.74, 6) is 1.08. The van der Waals surface area contributed by atoms with Crippen molar-refractivity contribution in [3.8, 4) is 6.07 Å². The predicted molar refractivity (Wildman–Crippen MR) is 58.7 cm³/mol. The van der Waals surface area contributed by atoms with E-state index in [0.717, 1.165) is 19.4 Å². The van der Waals surface area contributed by atoms with Crippen LogP contribution >= 0.6 is 0 Å². The monoisotopic (exact) mass is 218 g/mol. The van der Waals surface area contributed by atoms with Crippen LogP contribution < -0.4 is 4.90 Å². The molecule has 1 aromatic heterocycles. The van der Waals surface area contributed by atoms with Crippen molar-refractivity contribution < 1.29 is 5.11 Å². The summed E-state index contributed by atoms with van der Waals surface area (Å²) in [5.41, 5.74) is 0.380. The molecule has 16 heavy (non-hydrogen) atoms. The molecule has 2 rings (SSSR count). The molecule has 5 nitrogen and oxygen atoms in total. The first-order chi connectivity index (χ1) is 7.69. The molecule has 1 saturated carbocycles. The van der Waals surface area contributed by atoms with Crippen LogP contribution in [0.4, 0.5) is 5.95 Å². The van der Waals surface area contributed by atoms with Gasteiger partial charge in [0, 0.05) is 19.8 Å². The molecule has 1 heterocycles. The lowest BCUT2D eigenvalue weighted by Crippen LogP contribution is -2.37. The average molecular weight is 218 g/mol. The number of nitrogens with zero attached hydrogens (tertiary/aromatic N) is 4. The molecule has 0 aromatic carbocycles. The number of aromatic nitrogens is 2. The van der Waals surface area contributed by atoms with Crippen molar-refractivity contribution in [3.63, 3.8) is 0 Å². The van der Waals surface area contributed by atoms with Crippen molar-refractivity contribution in [2.75, 3.05) is 18.5 Å². The minimum atomic E-state index is -0.134. The van der Waals surface area contributed by atoms with Gasteiger partial charge in [-0.2, -0.15) is 5.26 Å². The van der Waals surface area contributed by atoms with Crippen molar-refractivity contribution >= 4 is 5.95 Å². The molecule has 0 aliphatic heterocycles. The van der Waals surface area contributed by atoms with Gasteiger partial charge in [-0.25, -0.2) is 9.97 Å². The lowest BCUT2D eigenvalue weighted by molar-refractivity contribution is 0.0463. The van der Waals surface area contributed by atoms with Crippen LogP contribution in [0.15, 0.2) is 12.3 Å². The molecule has 0 radical (unpaired) electrons. The Labute approximate surface area is 94.4 Å². The van der Waals surface area contributed by atoms with Crippen molar-refractivity contribution in [2.45, 2.75) is 18.9 Å². The summed E-state index contributed by atoms with van der Waals surface area (Å²) in [5, 5.41) is 17.9. The maximum Gasteiger partial charge on any atom is 0.226 e. The lowest BCUT2D eigenvalue weighted by Gasteiger charge is -2.34. The topological polar surface area (TPSA) is 73.0 Å². The maximum absolute atomic E-state index is 9.19. The summed E-state index contributed by atoms with van der Waals surface area (Å²) in [4.78, 5) is 10.2. The molecule has 0 unspecified atom stereocenters. The highest BCUT2D eigenvalue weighted by atomic mass is 16.3. The fourth-order valence-corrected chi connectivity index (χ4v) is 1.91. The molecule has 0 spiro atoms. The zero-order valence-corrected chi connectivity index (χ0v) is 9.17. The molecule has 84 valence electrons. The van der Waals surface area contributed by atoms with E-state index in [0.29, 0.717) is 17.6 Å². The normalized spacial score (nSPS) is 23.3. The quantitative estimate of drug-likeness (QED) is 0.802. The predicted octanol–water partition coefficient (Wildman–Crippen LogP) is 0.555. The van der Waals surface area contributed by atoms with Gasteiger partial charge in [0.1, 0.15) is 11.8 Å². The van der Waals surface area contributed by atoms with Gasteiger partial charge in [-0.05, 0) is 24.8 Å². The van der Waals surface area contributed by atoms with E-state index in [2.05, 4.69) is 9.97 Å². The summed E-state index contributed by atoms with van der Waals surface area (Å²) >= 11 is 0. The Balaban J connectivity index is 1.98. The second-order valence-corrected chi connectivity index (χ2v) is 4.23. The SMILES string of the molecule is CN(CC1CC(O)C1)c1nccc(C#N)n1. The Hall–Kier alpha value is -1.67. The Kier molecular flexibility index (Phi) is 3.02. The molecule has 1 aliphatic rings. The van der Waals surface area contributed by atoms with Crippen LogP contribution in [-0.2, 0) is 0 Å². The van der Waals surface area contributed by atoms with Gasteiger partial charge in [0.15, 0.2) is 0 Å². The largest absolute Gasteiger partial charge is 0.393 e. The molecule has 0 saturated heterocycles. The summed E-state index contributed by atoms with van der Waals surface area (Å²) in [6.45, 7) is 0.825. The van der Waals surface area contributed by atoms with E-state index < -0.39 is 0 Å². The molecule has 1 aromatic rings. The number of aliphatic hydroxyl groups excluding tert-OH is 1.